The Balaban J connectivity index is 1.73. The molecule has 39 heteroatoms. The number of carboxylic acids is 1. The molecule has 19 N–H and O–H groups in total. The third kappa shape index (κ3) is 25.3. The molecule has 0 aromatic carbocycles. The van der Waals surface area contributed by atoms with Crippen molar-refractivity contribution in [2.24, 2.45) is 40.1 Å². The van der Waals surface area contributed by atoms with Crippen LogP contribution in [0, 0.1) is 23.7 Å². The molecule has 0 unspecified atom stereocenters. The highest BCUT2D eigenvalue weighted by Gasteiger charge is 2.47. The highest BCUT2D eigenvalue weighted by atomic mass is 33.1. The molecule has 0 aromatic heterocycles. The number of nitrogens with one attached hydrogen (secondary N) is 12. The highest BCUT2D eigenvalue weighted by molar-refractivity contribution is 8.77. The second kappa shape index (κ2) is 42.7. The molecule has 37 nitrogen and oxygen atoms in total. The summed E-state index contributed by atoms with van der Waals surface area (Å²) in [5.41, 5.74) is 11.1. The first kappa shape index (κ1) is 88.0. The fraction of sp³-hybridized carbons (Fsp3) is 0.746. The molecule has 0 spiro atoms. The van der Waals surface area contributed by atoms with Crippen molar-refractivity contribution in [2.75, 3.05) is 45.9 Å². The van der Waals surface area contributed by atoms with Crippen molar-refractivity contribution in [1.29, 1.82) is 0 Å². The van der Waals surface area contributed by atoms with Crippen molar-refractivity contribution in [3.05, 3.63) is 0 Å². The number of aliphatic hydroxyl groups is 2. The van der Waals surface area contributed by atoms with E-state index >= 15 is 19.2 Å². The van der Waals surface area contributed by atoms with Crippen LogP contribution in [0.4, 0.5) is 0 Å². The van der Waals surface area contributed by atoms with E-state index in [2.05, 4.69) is 68.8 Å². The Hall–Kier alpha value is -8.59. The van der Waals surface area contributed by atoms with Crippen LogP contribution in [0.2, 0.25) is 0 Å². The van der Waals surface area contributed by atoms with E-state index in [9.17, 15) is 72.9 Å². The summed E-state index contributed by atoms with van der Waals surface area (Å²) >= 11 is 0. The molecule has 5 heterocycles. The molecular formula is C67H110N18O19S2. The summed E-state index contributed by atoms with van der Waals surface area (Å²) in [7, 11) is 0.789. The van der Waals surface area contributed by atoms with Crippen molar-refractivity contribution in [1.82, 2.24) is 78.5 Å². The van der Waals surface area contributed by atoms with E-state index < -0.39 is 215 Å². The van der Waals surface area contributed by atoms with Gasteiger partial charge in [0.05, 0.1) is 19.6 Å². The van der Waals surface area contributed by atoms with Crippen LogP contribution in [0.25, 0.3) is 0 Å². The van der Waals surface area contributed by atoms with Gasteiger partial charge in [-0.3, -0.25) is 81.7 Å². The minimum atomic E-state index is -2.03. The number of rotatable bonds is 16. The fourth-order valence-corrected chi connectivity index (χ4v) is 15.2. The van der Waals surface area contributed by atoms with E-state index in [0.29, 0.717) is 34.4 Å². The lowest BCUT2D eigenvalue weighted by Gasteiger charge is -2.34. The molecular weight excluding hydrogens is 1420 g/mol. The predicted molar refractivity (Wildman–Crippen MR) is 387 cm³/mol. The number of carbonyl (C=O) groups is 16. The van der Waals surface area contributed by atoms with Crippen molar-refractivity contribution in [3.8, 4) is 0 Å². The van der Waals surface area contributed by atoms with Crippen LogP contribution in [0.1, 0.15) is 165 Å². The average Bonchev–Trinajstić information content (AvgIpc) is 1.62. The van der Waals surface area contributed by atoms with Gasteiger partial charge < -0.3 is 105 Å². The number of amides is 15. The molecule has 106 heavy (non-hydrogen) atoms. The Morgan fingerprint density at radius 2 is 0.915 bits per heavy atom. The molecule has 5 rings (SSSR count). The normalized spacial score (nSPS) is 29.6. The number of guanidine groups is 1. The van der Waals surface area contributed by atoms with Crippen LogP contribution in [0.5, 0.6) is 0 Å². The number of aliphatic imine (C=N–C) groups is 1. The first-order chi connectivity index (χ1) is 50.2. The SMILES string of the molecule is CC[C@H](C)[C@@H]1NC(=O)[C@H](C)NC(=O)CCCCNC(=O)[C@H](CC(=O)O)NC(=O)[C@@H]2CCCN2C(=O)[C@H]([C@@H](C)CC)NC(=O)[C@H]2NC(=O)[C@H]([C@@H](C)CC)NC(=O)[C@@H]3CCCN3C(=O)[C@@H]3CCCN3C(=O)[C@H](CC(C)C)NC(=O)[C@H](CO)NC(=O)[C@H](CCCN=C(N)N)NC(=O)[C@H](CO)NC(=O)[C@@H](NC1=O)SS2. The third-order valence-electron chi connectivity index (χ3n) is 19.6. The molecule has 0 saturated carbocycles. The topological polar surface area (TPSA) is 552 Å². The van der Waals surface area contributed by atoms with Gasteiger partial charge in [0.15, 0.2) is 16.7 Å². The van der Waals surface area contributed by atoms with Crippen LogP contribution in [-0.4, -0.2) is 260 Å². The molecule has 0 aliphatic carbocycles. The van der Waals surface area contributed by atoms with E-state index in [1.165, 1.54) is 21.6 Å². The second-order valence-corrected chi connectivity index (χ2v) is 30.5. The smallest absolute Gasteiger partial charge is 0.305 e. The lowest BCUT2D eigenvalue weighted by Crippen LogP contribution is -2.61. The summed E-state index contributed by atoms with van der Waals surface area (Å²) < 4.78 is 0. The van der Waals surface area contributed by atoms with Crippen LogP contribution >= 0.6 is 21.6 Å². The number of nitrogens with two attached hydrogens (primary N) is 2. The molecule has 5 aliphatic heterocycles. The zero-order valence-corrected chi connectivity index (χ0v) is 63.4. The number of carbonyl (C=O) groups excluding carboxylic acids is 15. The minimum absolute atomic E-state index is 0.0108. The Bertz CT molecular complexity index is 3200. The van der Waals surface area contributed by atoms with E-state index in [1.54, 1.807) is 55.4 Å². The molecule has 17 atom stereocenters. The Morgan fingerprint density at radius 1 is 0.481 bits per heavy atom. The van der Waals surface area contributed by atoms with Gasteiger partial charge in [-0.15, -0.1) is 0 Å². The number of hydrogen-bond donors (Lipinski definition) is 17. The number of aliphatic hydroxyl groups excluding tert-OH is 2. The molecule has 5 aliphatic rings. The fourth-order valence-electron chi connectivity index (χ4n) is 12.8. The van der Waals surface area contributed by atoms with Crippen LogP contribution < -0.4 is 75.3 Å². The number of fused-ring (bicyclic) bond motifs is 6. The molecule has 15 amide bonds. The van der Waals surface area contributed by atoms with Gasteiger partial charge in [-0.05, 0) is 101 Å². The van der Waals surface area contributed by atoms with E-state index in [4.69, 9.17) is 11.5 Å². The number of carboxylic acid groups (broad SMARTS) is 1. The maximum atomic E-state index is 15.5. The van der Waals surface area contributed by atoms with Crippen LogP contribution in [0.3, 0.4) is 0 Å². The molecule has 0 radical (unpaired) electrons. The Kier molecular flexibility index (Phi) is 35.4. The van der Waals surface area contributed by atoms with Gasteiger partial charge in [0.2, 0.25) is 76.8 Å². The van der Waals surface area contributed by atoms with Gasteiger partial charge in [-0.2, -0.15) is 0 Å². The van der Waals surface area contributed by atoms with E-state index in [-0.39, 0.29) is 128 Å². The average molecular weight is 1540 g/mol. The van der Waals surface area contributed by atoms with Crippen molar-refractivity contribution in [2.45, 2.75) is 248 Å². The zero-order valence-electron chi connectivity index (χ0n) is 61.8. The summed E-state index contributed by atoms with van der Waals surface area (Å²) in [5, 5.41) is 58.2. The third-order valence-corrected chi connectivity index (χ3v) is 22.2. The summed E-state index contributed by atoms with van der Waals surface area (Å²) in [6.45, 7) is 12.4. The van der Waals surface area contributed by atoms with Gasteiger partial charge in [-0.1, -0.05) is 96.2 Å². The Morgan fingerprint density at radius 3 is 1.42 bits per heavy atom. The summed E-state index contributed by atoms with van der Waals surface area (Å²) in [4.78, 5) is 239. The number of aliphatic carboxylic acids is 1. The van der Waals surface area contributed by atoms with Gasteiger partial charge in [0.1, 0.15) is 72.5 Å². The minimum Gasteiger partial charge on any atom is -0.481 e. The van der Waals surface area contributed by atoms with Crippen LogP contribution in [-0.2, 0) is 76.7 Å². The van der Waals surface area contributed by atoms with E-state index in [1.807, 2.05) is 0 Å². The molecule has 5 fully saturated rings. The summed E-state index contributed by atoms with van der Waals surface area (Å²) in [5.74, 6) is -18.3. The summed E-state index contributed by atoms with van der Waals surface area (Å²) in [6.07, 6.45) is 0.768. The highest BCUT2D eigenvalue weighted by Crippen LogP contribution is 2.33. The van der Waals surface area contributed by atoms with Gasteiger partial charge in [0, 0.05) is 39.1 Å². The maximum Gasteiger partial charge on any atom is 0.305 e. The molecule has 5 saturated heterocycles. The lowest BCUT2D eigenvalue weighted by molar-refractivity contribution is -0.148. The standard InChI is InChI=1S/C67H110N18O19S2/c1-10-34(6)48-58(98)81-62-60(100)77-42(32-87)54(94)73-38(19-15-25-71-67(68)69)53(93)76-41(31-86)55(95)75-40(29-33(4)5)64(102)85-28-18-22-45(85)65(103)83-26-16-21-44(83)57(97)79-49(35(7)11-2)59(99)82-63(106-105-62)61(101)80-50(36(8)12-3)66(104)84-27-17-20-43(84)56(96)74-39(30-47(89)90)52(92)70-24-14-13-23-46(88)72-37(9)51(91)78-48/h33-45,48-50,62-63,86-87H,10-32H2,1-9H3,(H,70,92)(H,72,88)(H,73,94)(H,74,96)(H,75,95)(H,76,93)(H,77,100)(H,78,91)(H,79,97)(H,80,101)(H,81,98)(H,82,99)(H,89,90)(H4,68,69,71)/t34-,35-,36-,37-,38-,39-,40-,41-,42-,43-,44-,45-,48-,49-,50-,62-,63-/m0/s1. The Labute approximate surface area is 624 Å². The summed E-state index contributed by atoms with van der Waals surface area (Å²) in [6, 6.07) is -18.0. The predicted octanol–water partition coefficient (Wildman–Crippen LogP) is -4.38. The quantitative estimate of drug-likeness (QED) is 0.0300. The van der Waals surface area contributed by atoms with Gasteiger partial charge in [0.25, 0.3) is 11.8 Å². The van der Waals surface area contributed by atoms with Crippen molar-refractivity contribution in [3.63, 3.8) is 0 Å². The first-order valence-electron chi connectivity index (χ1n) is 36.5. The van der Waals surface area contributed by atoms with Crippen molar-refractivity contribution < 1.29 is 92.0 Å². The molecule has 2 bridgehead atoms. The van der Waals surface area contributed by atoms with Crippen LogP contribution in [0.15, 0.2) is 4.99 Å². The second-order valence-electron chi connectivity index (χ2n) is 28.0. The van der Waals surface area contributed by atoms with Crippen molar-refractivity contribution >= 4 is 122 Å². The zero-order chi connectivity index (χ0) is 78.8. The largest absolute Gasteiger partial charge is 0.481 e. The van der Waals surface area contributed by atoms with Gasteiger partial charge >= 0.3 is 5.97 Å². The lowest BCUT2D eigenvalue weighted by atomic mass is 9.97. The monoisotopic (exact) mass is 1530 g/mol. The number of nitrogens with zero attached hydrogens (tertiary/aromatic N) is 4. The maximum absolute atomic E-state index is 15.5. The van der Waals surface area contributed by atoms with Gasteiger partial charge in [-0.25, -0.2) is 0 Å². The molecule has 0 aromatic rings. The first-order valence-corrected chi connectivity index (χ1v) is 38.8. The number of hydrogen-bond acceptors (Lipinski definition) is 21. The van der Waals surface area contributed by atoms with E-state index in [0.717, 1.165) is 0 Å². The molecule has 594 valence electrons.